The summed E-state index contributed by atoms with van der Waals surface area (Å²) in [6.45, 7) is 3.95. The smallest absolute Gasteiger partial charge is 0.252 e. The normalized spacial score (nSPS) is 10.5. The minimum absolute atomic E-state index is 0.0833. The number of aromatic amines is 1. The summed E-state index contributed by atoms with van der Waals surface area (Å²) in [6.07, 6.45) is 0. The molecule has 3 nitrogen and oxygen atoms in total. The molecule has 0 aliphatic carbocycles. The summed E-state index contributed by atoms with van der Waals surface area (Å²) in [4.78, 5) is 13.7. The Hall–Kier alpha value is -1.25. The lowest BCUT2D eigenvalue weighted by atomic mass is 10.1. The van der Waals surface area contributed by atoms with E-state index in [1.165, 1.54) is 0 Å². The van der Waals surface area contributed by atoms with Crippen LogP contribution in [-0.2, 0) is 0 Å². The molecule has 1 aromatic rings. The Labute approximate surface area is 65.2 Å². The maximum atomic E-state index is 11.1. The van der Waals surface area contributed by atoms with Crippen LogP contribution in [0.2, 0.25) is 0 Å². The van der Waals surface area contributed by atoms with E-state index in [0.717, 1.165) is 5.56 Å². The van der Waals surface area contributed by atoms with Crippen LogP contribution in [0.15, 0.2) is 16.9 Å². The van der Waals surface area contributed by atoms with Crippen LogP contribution >= 0.6 is 0 Å². The molecule has 0 fully saturated rings. The van der Waals surface area contributed by atoms with Crippen LogP contribution in [0.25, 0.3) is 0 Å². The Balaban J connectivity index is 3.21. The van der Waals surface area contributed by atoms with Crippen molar-refractivity contribution in [3.05, 3.63) is 28.0 Å². The molecular formula is C8H12N2O. The largest absolute Gasteiger partial charge is 0.385 e. The van der Waals surface area contributed by atoms with Gasteiger partial charge in [0.2, 0.25) is 0 Å². The number of H-pyrrole nitrogens is 1. The quantitative estimate of drug-likeness (QED) is 0.632. The Morgan fingerprint density at radius 2 is 2.09 bits per heavy atom. The lowest BCUT2D eigenvalue weighted by Crippen LogP contribution is -2.14. The van der Waals surface area contributed by atoms with Crippen molar-refractivity contribution in [1.82, 2.24) is 4.98 Å². The molecule has 3 N–H and O–H groups in total. The molecule has 1 heterocycles. The highest BCUT2D eigenvalue weighted by atomic mass is 16.1. The highest BCUT2D eigenvalue weighted by Crippen LogP contribution is 2.08. The number of nitrogens with two attached hydrogens (primary N) is 1. The Kier molecular flexibility index (Phi) is 1.98. The predicted octanol–water partition coefficient (Wildman–Crippen LogP) is 1.08. The summed E-state index contributed by atoms with van der Waals surface area (Å²) >= 11 is 0. The maximum absolute atomic E-state index is 11.1. The van der Waals surface area contributed by atoms with Crippen molar-refractivity contribution in [3.8, 4) is 0 Å². The van der Waals surface area contributed by atoms with E-state index in [2.05, 4.69) is 4.98 Å². The number of rotatable bonds is 1. The molecule has 0 saturated carbocycles. The molecule has 0 bridgehead atoms. The molecule has 0 unspecified atom stereocenters. The van der Waals surface area contributed by atoms with Gasteiger partial charge in [0, 0.05) is 5.56 Å². The first-order chi connectivity index (χ1) is 5.11. The molecule has 0 atom stereocenters. The molecule has 11 heavy (non-hydrogen) atoms. The van der Waals surface area contributed by atoms with Crippen LogP contribution in [-0.4, -0.2) is 4.98 Å². The monoisotopic (exact) mass is 152 g/mol. The molecule has 0 aliphatic rings. The second-order valence-corrected chi connectivity index (χ2v) is 2.85. The molecule has 3 heteroatoms. The number of hydrogen-bond donors (Lipinski definition) is 2. The fraction of sp³-hybridized carbons (Fsp3) is 0.375. The van der Waals surface area contributed by atoms with Gasteiger partial charge in [-0.25, -0.2) is 0 Å². The molecule has 0 spiro atoms. The fourth-order valence-corrected chi connectivity index (χ4v) is 0.955. The molecule has 60 valence electrons. The first-order valence-corrected chi connectivity index (χ1v) is 3.60. The van der Waals surface area contributed by atoms with E-state index >= 15 is 0 Å². The third kappa shape index (κ3) is 1.61. The molecule has 0 radical (unpaired) electrons. The minimum atomic E-state index is -0.0833. The summed E-state index contributed by atoms with van der Waals surface area (Å²) in [5, 5.41) is 0. The van der Waals surface area contributed by atoms with Crippen LogP contribution in [0, 0.1) is 0 Å². The highest BCUT2D eigenvalue weighted by Gasteiger charge is 2.02. The van der Waals surface area contributed by atoms with Gasteiger partial charge in [0.05, 0.1) is 0 Å². The first-order valence-electron chi connectivity index (χ1n) is 3.60. The van der Waals surface area contributed by atoms with Gasteiger partial charge >= 0.3 is 0 Å². The van der Waals surface area contributed by atoms with E-state index in [1.807, 2.05) is 13.8 Å². The molecule has 0 saturated heterocycles. The molecular weight excluding hydrogens is 140 g/mol. The van der Waals surface area contributed by atoms with Crippen molar-refractivity contribution >= 4 is 5.82 Å². The summed E-state index contributed by atoms with van der Waals surface area (Å²) in [5.74, 6) is 0.666. The number of nitrogen functional groups attached to an aromatic ring is 1. The van der Waals surface area contributed by atoms with Gasteiger partial charge in [-0.15, -0.1) is 0 Å². The summed E-state index contributed by atoms with van der Waals surface area (Å²) in [7, 11) is 0. The number of nitrogens with one attached hydrogen (secondary N) is 1. The van der Waals surface area contributed by atoms with Gasteiger partial charge in [0.15, 0.2) is 0 Å². The topological polar surface area (TPSA) is 58.9 Å². The van der Waals surface area contributed by atoms with E-state index in [9.17, 15) is 4.79 Å². The van der Waals surface area contributed by atoms with Gasteiger partial charge < -0.3 is 10.7 Å². The molecule has 0 aromatic carbocycles. The van der Waals surface area contributed by atoms with E-state index < -0.39 is 0 Å². The van der Waals surface area contributed by atoms with Gasteiger partial charge in [0.25, 0.3) is 5.56 Å². The van der Waals surface area contributed by atoms with Crippen LogP contribution in [0.1, 0.15) is 25.3 Å². The van der Waals surface area contributed by atoms with E-state index in [-0.39, 0.29) is 11.5 Å². The van der Waals surface area contributed by atoms with Crippen molar-refractivity contribution in [3.63, 3.8) is 0 Å². The van der Waals surface area contributed by atoms with Crippen molar-refractivity contribution in [2.45, 2.75) is 19.8 Å². The number of aromatic nitrogens is 1. The average Bonchev–Trinajstić information content (AvgIpc) is 1.85. The zero-order valence-corrected chi connectivity index (χ0v) is 6.72. The lowest BCUT2D eigenvalue weighted by molar-refractivity contribution is 0.845. The number of pyridine rings is 1. The third-order valence-corrected chi connectivity index (χ3v) is 1.58. The lowest BCUT2D eigenvalue weighted by Gasteiger charge is -2.02. The van der Waals surface area contributed by atoms with Crippen LogP contribution < -0.4 is 11.3 Å². The second kappa shape index (κ2) is 2.78. The number of anilines is 1. The van der Waals surface area contributed by atoms with Crippen LogP contribution in [0.3, 0.4) is 0 Å². The van der Waals surface area contributed by atoms with Crippen molar-refractivity contribution in [1.29, 1.82) is 0 Å². The van der Waals surface area contributed by atoms with Crippen molar-refractivity contribution < 1.29 is 0 Å². The molecule has 1 rings (SSSR count). The van der Waals surface area contributed by atoms with Gasteiger partial charge in [-0.3, -0.25) is 4.79 Å². The number of hydrogen-bond acceptors (Lipinski definition) is 2. The zero-order chi connectivity index (χ0) is 8.43. The summed E-state index contributed by atoms with van der Waals surface area (Å²) < 4.78 is 0. The van der Waals surface area contributed by atoms with Gasteiger partial charge in [-0.05, 0) is 18.1 Å². The second-order valence-electron chi connectivity index (χ2n) is 2.85. The standard InChI is InChI=1S/C8H12N2O/c1-5(2)6-3-4-7(9)10-8(6)11/h3-5H,1-2H3,(H3,9,10,11). The van der Waals surface area contributed by atoms with E-state index in [4.69, 9.17) is 5.73 Å². The average molecular weight is 152 g/mol. The molecule has 0 aliphatic heterocycles. The summed E-state index contributed by atoms with van der Waals surface area (Å²) in [5.41, 5.74) is 6.07. The van der Waals surface area contributed by atoms with Gasteiger partial charge in [-0.2, -0.15) is 0 Å². The Morgan fingerprint density at radius 1 is 1.45 bits per heavy atom. The zero-order valence-electron chi connectivity index (χ0n) is 6.72. The van der Waals surface area contributed by atoms with E-state index in [1.54, 1.807) is 12.1 Å². The Morgan fingerprint density at radius 3 is 2.55 bits per heavy atom. The van der Waals surface area contributed by atoms with Gasteiger partial charge in [0.1, 0.15) is 5.82 Å². The van der Waals surface area contributed by atoms with Crippen molar-refractivity contribution in [2.24, 2.45) is 0 Å². The van der Waals surface area contributed by atoms with Gasteiger partial charge in [-0.1, -0.05) is 13.8 Å². The molecule has 1 aromatic heterocycles. The minimum Gasteiger partial charge on any atom is -0.385 e. The van der Waals surface area contributed by atoms with E-state index in [0.29, 0.717) is 5.82 Å². The molecule has 0 amide bonds. The van der Waals surface area contributed by atoms with Crippen molar-refractivity contribution in [2.75, 3.05) is 5.73 Å². The Bertz CT molecular complexity index is 301. The summed E-state index contributed by atoms with van der Waals surface area (Å²) in [6, 6.07) is 3.47. The first kappa shape index (κ1) is 7.85. The predicted molar refractivity (Wildman–Crippen MR) is 45.6 cm³/mol. The van der Waals surface area contributed by atoms with Crippen LogP contribution in [0.4, 0.5) is 5.82 Å². The SMILES string of the molecule is CC(C)c1ccc(N)[nH]c1=O. The third-order valence-electron chi connectivity index (χ3n) is 1.58. The maximum Gasteiger partial charge on any atom is 0.252 e. The fourth-order valence-electron chi connectivity index (χ4n) is 0.955. The van der Waals surface area contributed by atoms with Crippen LogP contribution in [0.5, 0.6) is 0 Å². The highest BCUT2D eigenvalue weighted by molar-refractivity contribution is 5.30.